The van der Waals surface area contributed by atoms with Gasteiger partial charge in [0.2, 0.25) is 0 Å². The van der Waals surface area contributed by atoms with E-state index in [1.807, 2.05) is 0 Å². The van der Waals surface area contributed by atoms with E-state index in [1.165, 1.54) is 0 Å². The molecule has 0 aromatic heterocycles. The van der Waals surface area contributed by atoms with Gasteiger partial charge < -0.3 is 4.74 Å². The maximum Gasteiger partial charge on any atom is 0.411 e. The summed E-state index contributed by atoms with van der Waals surface area (Å²) < 4.78 is 77.1. The molecule has 0 amide bonds. The Labute approximate surface area is 79.0 Å². The van der Waals surface area contributed by atoms with Crippen molar-refractivity contribution in [3.8, 4) is 0 Å². The average molecular weight is 238 g/mol. The zero-order valence-corrected chi connectivity index (χ0v) is 7.07. The summed E-state index contributed by atoms with van der Waals surface area (Å²) >= 11 is 0. The number of alkyl halides is 6. The van der Waals surface area contributed by atoms with Crippen molar-refractivity contribution in [1.29, 1.82) is 0 Å². The van der Waals surface area contributed by atoms with Gasteiger partial charge in [-0.15, -0.1) is 0 Å². The number of ether oxygens (including phenoxy) is 1. The zero-order chi connectivity index (χ0) is 12.5. The second kappa shape index (κ2) is 3.70. The van der Waals surface area contributed by atoms with Crippen LogP contribution in [0, 0.1) is 0 Å². The fourth-order valence-electron chi connectivity index (χ4n) is 0.540. The van der Waals surface area contributed by atoms with Gasteiger partial charge in [-0.05, 0) is 0 Å². The van der Waals surface area contributed by atoms with Gasteiger partial charge in [0.25, 0.3) is 0 Å². The molecule has 15 heavy (non-hydrogen) atoms. The summed E-state index contributed by atoms with van der Waals surface area (Å²) in [5.74, 6) is -20.4. The molecule has 0 rings (SSSR count). The van der Waals surface area contributed by atoms with Crippen LogP contribution < -0.4 is 0 Å². The van der Waals surface area contributed by atoms with Gasteiger partial charge in [0.05, 0.1) is 7.11 Å². The van der Waals surface area contributed by atoms with Crippen molar-refractivity contribution in [2.24, 2.45) is 0 Å². The normalized spacial score (nSPS) is 13.5. The second-order valence-corrected chi connectivity index (χ2v) is 2.38. The van der Waals surface area contributed by atoms with Crippen molar-refractivity contribution >= 4 is 12.3 Å². The maximum atomic E-state index is 12.4. The molecule has 3 nitrogen and oxygen atoms in total. The van der Waals surface area contributed by atoms with Gasteiger partial charge in [0.15, 0.2) is 6.29 Å². The fraction of sp³-hybridized carbons (Fsp3) is 0.667. The Balaban J connectivity index is 5.36. The van der Waals surface area contributed by atoms with Gasteiger partial charge in [-0.1, -0.05) is 0 Å². The molecule has 0 saturated heterocycles. The minimum Gasteiger partial charge on any atom is -0.464 e. The van der Waals surface area contributed by atoms with E-state index in [1.54, 1.807) is 0 Å². The average Bonchev–Trinajstić information content (AvgIpc) is 2.15. The molecule has 0 spiro atoms. The molecule has 0 aliphatic carbocycles. The van der Waals surface area contributed by atoms with Crippen LogP contribution in [0.4, 0.5) is 26.3 Å². The van der Waals surface area contributed by atoms with Crippen LogP contribution in [0.3, 0.4) is 0 Å². The van der Waals surface area contributed by atoms with E-state index in [0.29, 0.717) is 7.11 Å². The lowest BCUT2D eigenvalue weighted by atomic mass is 10.1. The topological polar surface area (TPSA) is 43.4 Å². The molecule has 0 aliphatic rings. The SMILES string of the molecule is COC(=O)C(F)(F)C(F)(F)C(F)(F)C=O. The lowest BCUT2D eigenvalue weighted by Gasteiger charge is -2.27. The molecule has 0 saturated carbocycles. The minimum atomic E-state index is -6.14. The lowest BCUT2D eigenvalue weighted by molar-refractivity contribution is -0.289. The van der Waals surface area contributed by atoms with Gasteiger partial charge in [0, 0.05) is 0 Å². The Bertz CT molecular complexity index is 274. The Hall–Kier alpha value is -1.28. The highest BCUT2D eigenvalue weighted by Gasteiger charge is 2.76. The van der Waals surface area contributed by atoms with Crippen LogP contribution in [0.15, 0.2) is 0 Å². The van der Waals surface area contributed by atoms with Gasteiger partial charge in [0.1, 0.15) is 0 Å². The number of halogens is 6. The number of carbonyl (C=O) groups excluding carboxylic acids is 2. The molecular formula is C6H4F6O3. The van der Waals surface area contributed by atoms with E-state index in [2.05, 4.69) is 4.74 Å². The number of aldehydes is 1. The van der Waals surface area contributed by atoms with E-state index in [9.17, 15) is 35.9 Å². The first-order chi connectivity index (χ1) is 6.54. The Morgan fingerprint density at radius 2 is 1.53 bits per heavy atom. The van der Waals surface area contributed by atoms with Gasteiger partial charge in [-0.2, -0.15) is 26.3 Å². The lowest BCUT2D eigenvalue weighted by Crippen LogP contribution is -2.58. The standard InChI is InChI=1S/C6H4F6O3/c1-15-3(14)5(9,10)6(11,12)4(7,8)2-13/h2H,1H3. The summed E-state index contributed by atoms with van der Waals surface area (Å²) in [5, 5.41) is 0. The summed E-state index contributed by atoms with van der Waals surface area (Å²) in [6.07, 6.45) is -1.66. The molecule has 0 aliphatic heterocycles. The molecule has 0 bridgehead atoms. The van der Waals surface area contributed by atoms with E-state index in [4.69, 9.17) is 0 Å². The van der Waals surface area contributed by atoms with Crippen LogP contribution in [0.5, 0.6) is 0 Å². The third kappa shape index (κ3) is 1.90. The van der Waals surface area contributed by atoms with E-state index in [0.717, 1.165) is 0 Å². The van der Waals surface area contributed by atoms with Gasteiger partial charge in [-0.25, -0.2) is 4.79 Å². The van der Waals surface area contributed by atoms with E-state index >= 15 is 0 Å². The molecule has 88 valence electrons. The summed E-state index contributed by atoms with van der Waals surface area (Å²) in [6.45, 7) is 0. The first kappa shape index (κ1) is 13.7. The predicted octanol–water partition coefficient (Wildman–Crippen LogP) is 1.26. The molecular weight excluding hydrogens is 234 g/mol. The third-order valence-corrected chi connectivity index (χ3v) is 1.40. The molecule has 0 heterocycles. The monoisotopic (exact) mass is 238 g/mol. The van der Waals surface area contributed by atoms with Crippen molar-refractivity contribution < 1.29 is 40.7 Å². The van der Waals surface area contributed by atoms with Crippen molar-refractivity contribution in [2.45, 2.75) is 17.8 Å². The number of hydrogen-bond acceptors (Lipinski definition) is 3. The Morgan fingerprint density at radius 1 is 1.13 bits per heavy atom. The summed E-state index contributed by atoms with van der Waals surface area (Å²) in [6, 6.07) is 0. The molecule has 0 unspecified atom stereocenters. The summed E-state index contributed by atoms with van der Waals surface area (Å²) in [7, 11) is 0.311. The van der Waals surface area contributed by atoms with Crippen LogP contribution >= 0.6 is 0 Å². The van der Waals surface area contributed by atoms with Crippen LogP contribution in [0.25, 0.3) is 0 Å². The summed E-state index contributed by atoms with van der Waals surface area (Å²) in [4.78, 5) is 19.7. The van der Waals surface area contributed by atoms with E-state index in [-0.39, 0.29) is 0 Å². The number of methoxy groups -OCH3 is 1. The number of carbonyl (C=O) groups is 2. The highest BCUT2D eigenvalue weighted by molar-refractivity contribution is 5.80. The second-order valence-electron chi connectivity index (χ2n) is 2.38. The Morgan fingerprint density at radius 3 is 1.80 bits per heavy atom. The first-order valence-electron chi connectivity index (χ1n) is 3.22. The quantitative estimate of drug-likeness (QED) is 0.420. The molecule has 0 radical (unpaired) electrons. The van der Waals surface area contributed by atoms with Crippen LogP contribution in [0.2, 0.25) is 0 Å². The third-order valence-electron chi connectivity index (χ3n) is 1.40. The van der Waals surface area contributed by atoms with Crippen molar-refractivity contribution in [2.75, 3.05) is 7.11 Å². The van der Waals surface area contributed by atoms with Crippen LogP contribution in [0.1, 0.15) is 0 Å². The smallest absolute Gasteiger partial charge is 0.411 e. The predicted molar refractivity (Wildman–Crippen MR) is 32.9 cm³/mol. The fourth-order valence-corrected chi connectivity index (χ4v) is 0.540. The molecule has 0 atom stereocenters. The number of rotatable bonds is 4. The van der Waals surface area contributed by atoms with Crippen molar-refractivity contribution in [1.82, 2.24) is 0 Å². The minimum absolute atomic E-state index is 0.311. The number of hydrogen-bond donors (Lipinski definition) is 0. The van der Waals surface area contributed by atoms with E-state index < -0.39 is 30.0 Å². The largest absolute Gasteiger partial charge is 0.464 e. The zero-order valence-electron chi connectivity index (χ0n) is 7.07. The van der Waals surface area contributed by atoms with Crippen molar-refractivity contribution in [3.63, 3.8) is 0 Å². The van der Waals surface area contributed by atoms with Gasteiger partial charge >= 0.3 is 23.7 Å². The first-order valence-corrected chi connectivity index (χ1v) is 3.22. The highest BCUT2D eigenvalue weighted by atomic mass is 19.3. The molecule has 9 heteroatoms. The highest BCUT2D eigenvalue weighted by Crippen LogP contribution is 2.45. The van der Waals surface area contributed by atoms with Gasteiger partial charge in [-0.3, -0.25) is 4.79 Å². The van der Waals surface area contributed by atoms with Crippen molar-refractivity contribution in [3.05, 3.63) is 0 Å². The van der Waals surface area contributed by atoms with Crippen LogP contribution in [-0.2, 0) is 14.3 Å². The van der Waals surface area contributed by atoms with Crippen LogP contribution in [-0.4, -0.2) is 37.1 Å². The summed E-state index contributed by atoms with van der Waals surface area (Å²) in [5.41, 5.74) is 0. The maximum absolute atomic E-state index is 12.4. The number of esters is 1. The molecule has 0 N–H and O–H groups in total. The molecule has 0 aromatic rings. The molecule has 0 fully saturated rings. The Kier molecular flexibility index (Phi) is 3.39. The molecule has 0 aromatic carbocycles.